The minimum Gasteiger partial charge on any atom is -0.395 e. The van der Waals surface area contributed by atoms with E-state index in [1.54, 1.807) is 0 Å². The summed E-state index contributed by atoms with van der Waals surface area (Å²) in [4.78, 5) is 19.7. The van der Waals surface area contributed by atoms with Crippen molar-refractivity contribution in [3.63, 3.8) is 0 Å². The van der Waals surface area contributed by atoms with E-state index < -0.39 is 0 Å². The normalized spacial score (nSPS) is 20.6. The maximum absolute atomic E-state index is 12.9. The largest absolute Gasteiger partial charge is 0.395 e. The van der Waals surface area contributed by atoms with Gasteiger partial charge in [-0.2, -0.15) is 0 Å². The zero-order valence-corrected chi connectivity index (χ0v) is 15.4. The molecule has 1 N–H and O–H groups in total. The van der Waals surface area contributed by atoms with Crippen LogP contribution in [0.5, 0.6) is 0 Å². The number of likely N-dealkylation sites (tertiary alicyclic amines) is 1. The van der Waals surface area contributed by atoms with Crippen LogP contribution < -0.4 is 4.90 Å². The summed E-state index contributed by atoms with van der Waals surface area (Å²) in [7, 11) is 0. The second-order valence-corrected chi connectivity index (χ2v) is 7.29. The average molecular weight is 345 g/mol. The molecular formula is C20H31N3O2. The van der Waals surface area contributed by atoms with Crippen molar-refractivity contribution in [3.8, 4) is 0 Å². The van der Waals surface area contributed by atoms with E-state index in [-0.39, 0.29) is 12.5 Å². The van der Waals surface area contributed by atoms with E-state index in [4.69, 9.17) is 5.11 Å². The molecule has 2 aliphatic rings. The van der Waals surface area contributed by atoms with Crippen LogP contribution in [-0.4, -0.2) is 73.2 Å². The van der Waals surface area contributed by atoms with E-state index in [0.717, 1.165) is 65.1 Å². The van der Waals surface area contributed by atoms with Crippen molar-refractivity contribution in [1.29, 1.82) is 0 Å². The Morgan fingerprint density at radius 1 is 1.08 bits per heavy atom. The number of aliphatic hydroxyl groups excluding tert-OH is 1. The Labute approximate surface area is 151 Å². The number of rotatable bonds is 4. The molecule has 1 aromatic rings. The SMILES string of the molecule is Cc1ccccc1N1CCCN(C(=O)C2CCN(CCO)CC2)CC1. The Bertz CT molecular complexity index is 570. The lowest BCUT2D eigenvalue weighted by atomic mass is 9.95. The zero-order valence-electron chi connectivity index (χ0n) is 15.4. The maximum Gasteiger partial charge on any atom is 0.225 e. The van der Waals surface area contributed by atoms with Crippen molar-refractivity contribution < 1.29 is 9.90 Å². The van der Waals surface area contributed by atoms with Crippen LogP contribution in [0.2, 0.25) is 0 Å². The molecule has 2 aliphatic heterocycles. The van der Waals surface area contributed by atoms with Crippen molar-refractivity contribution in [2.45, 2.75) is 26.2 Å². The van der Waals surface area contributed by atoms with Gasteiger partial charge in [-0.15, -0.1) is 0 Å². The highest BCUT2D eigenvalue weighted by atomic mass is 16.3. The summed E-state index contributed by atoms with van der Waals surface area (Å²) in [5.41, 5.74) is 2.60. The minimum absolute atomic E-state index is 0.167. The van der Waals surface area contributed by atoms with Crippen molar-refractivity contribution in [3.05, 3.63) is 29.8 Å². The standard InChI is InChI=1S/C20H31N3O2/c1-17-5-2-3-6-19(17)22-9-4-10-23(14-13-22)20(25)18-7-11-21(12-8-18)15-16-24/h2-3,5-6,18,24H,4,7-16H2,1H3. The fourth-order valence-electron chi connectivity index (χ4n) is 4.10. The molecule has 5 heteroatoms. The molecule has 0 atom stereocenters. The van der Waals surface area contributed by atoms with Gasteiger partial charge in [0.25, 0.3) is 0 Å². The van der Waals surface area contributed by atoms with Crippen LogP contribution in [-0.2, 0) is 4.79 Å². The highest BCUT2D eigenvalue weighted by molar-refractivity contribution is 5.79. The first kappa shape index (κ1) is 18.2. The van der Waals surface area contributed by atoms with Gasteiger partial charge in [0.2, 0.25) is 5.91 Å². The van der Waals surface area contributed by atoms with Gasteiger partial charge in [-0.1, -0.05) is 18.2 Å². The molecule has 0 radical (unpaired) electrons. The number of carbonyl (C=O) groups excluding carboxylic acids is 1. The molecule has 3 rings (SSSR count). The molecule has 0 aliphatic carbocycles. The number of aliphatic hydroxyl groups is 1. The maximum atomic E-state index is 12.9. The Morgan fingerprint density at radius 2 is 1.84 bits per heavy atom. The predicted octanol–water partition coefficient (Wildman–Crippen LogP) is 1.74. The number of hydrogen-bond donors (Lipinski definition) is 1. The van der Waals surface area contributed by atoms with Crippen LogP contribution in [0.1, 0.15) is 24.8 Å². The van der Waals surface area contributed by atoms with E-state index >= 15 is 0 Å². The Balaban J connectivity index is 1.54. The molecule has 1 amide bonds. The van der Waals surface area contributed by atoms with Crippen molar-refractivity contribution in [2.24, 2.45) is 5.92 Å². The third-order valence-electron chi connectivity index (χ3n) is 5.62. The Morgan fingerprint density at radius 3 is 2.56 bits per heavy atom. The molecule has 2 heterocycles. The van der Waals surface area contributed by atoms with Crippen LogP contribution in [0.4, 0.5) is 5.69 Å². The number of benzene rings is 1. The first-order chi connectivity index (χ1) is 12.2. The molecule has 1 aromatic carbocycles. The van der Waals surface area contributed by atoms with E-state index in [1.807, 2.05) is 0 Å². The van der Waals surface area contributed by atoms with Crippen LogP contribution in [0.15, 0.2) is 24.3 Å². The average Bonchev–Trinajstić information content (AvgIpc) is 2.88. The van der Waals surface area contributed by atoms with Gasteiger partial charge in [-0.05, 0) is 50.9 Å². The van der Waals surface area contributed by atoms with Crippen LogP contribution >= 0.6 is 0 Å². The summed E-state index contributed by atoms with van der Waals surface area (Å²) in [5.74, 6) is 0.509. The molecular weight excluding hydrogens is 314 g/mol. The Kier molecular flexibility index (Phi) is 6.32. The fourth-order valence-corrected chi connectivity index (χ4v) is 4.10. The molecule has 138 valence electrons. The number of β-amino-alcohol motifs (C(OH)–C–C–N with tert-alkyl or cyclic N) is 1. The molecule has 25 heavy (non-hydrogen) atoms. The summed E-state index contributed by atoms with van der Waals surface area (Å²) in [6.45, 7) is 8.59. The lowest BCUT2D eigenvalue weighted by Crippen LogP contribution is -2.44. The molecule has 2 fully saturated rings. The second kappa shape index (κ2) is 8.68. The molecule has 0 saturated carbocycles. The fraction of sp³-hybridized carbons (Fsp3) is 0.650. The van der Waals surface area contributed by atoms with Gasteiger partial charge in [0.05, 0.1) is 6.61 Å². The van der Waals surface area contributed by atoms with Gasteiger partial charge in [-0.25, -0.2) is 0 Å². The number of para-hydroxylation sites is 1. The number of hydrogen-bond acceptors (Lipinski definition) is 4. The van der Waals surface area contributed by atoms with Crippen molar-refractivity contribution in [2.75, 3.05) is 57.3 Å². The zero-order chi connectivity index (χ0) is 17.6. The third kappa shape index (κ3) is 4.53. The van der Waals surface area contributed by atoms with Crippen LogP contribution in [0, 0.1) is 12.8 Å². The van der Waals surface area contributed by atoms with E-state index in [9.17, 15) is 4.79 Å². The summed E-state index contributed by atoms with van der Waals surface area (Å²) >= 11 is 0. The van der Waals surface area contributed by atoms with Gasteiger partial charge in [0.1, 0.15) is 0 Å². The summed E-state index contributed by atoms with van der Waals surface area (Å²) in [5, 5.41) is 9.05. The van der Waals surface area contributed by atoms with Gasteiger partial charge in [-0.3, -0.25) is 4.79 Å². The van der Waals surface area contributed by atoms with Gasteiger partial charge >= 0.3 is 0 Å². The monoisotopic (exact) mass is 345 g/mol. The van der Waals surface area contributed by atoms with Gasteiger partial charge < -0.3 is 19.8 Å². The van der Waals surface area contributed by atoms with Gasteiger partial charge in [0.15, 0.2) is 0 Å². The number of anilines is 1. The minimum atomic E-state index is 0.167. The second-order valence-electron chi connectivity index (χ2n) is 7.29. The Hall–Kier alpha value is -1.59. The molecule has 0 unspecified atom stereocenters. The highest BCUT2D eigenvalue weighted by Gasteiger charge is 2.29. The van der Waals surface area contributed by atoms with Crippen LogP contribution in [0.25, 0.3) is 0 Å². The number of piperidine rings is 1. The van der Waals surface area contributed by atoms with Crippen molar-refractivity contribution >= 4 is 11.6 Å². The lowest BCUT2D eigenvalue weighted by molar-refractivity contribution is -0.136. The van der Waals surface area contributed by atoms with E-state index in [0.29, 0.717) is 5.91 Å². The number of amides is 1. The number of aryl methyl sites for hydroxylation is 1. The van der Waals surface area contributed by atoms with E-state index in [1.165, 1.54) is 11.3 Å². The molecule has 2 saturated heterocycles. The molecule has 5 nitrogen and oxygen atoms in total. The molecule has 0 aromatic heterocycles. The van der Waals surface area contributed by atoms with E-state index in [2.05, 4.69) is 45.9 Å². The third-order valence-corrected chi connectivity index (χ3v) is 5.62. The number of carbonyl (C=O) groups is 1. The quantitative estimate of drug-likeness (QED) is 0.903. The first-order valence-corrected chi connectivity index (χ1v) is 9.61. The topological polar surface area (TPSA) is 47.0 Å². The lowest BCUT2D eigenvalue weighted by Gasteiger charge is -2.33. The predicted molar refractivity (Wildman–Crippen MR) is 101 cm³/mol. The molecule has 0 bridgehead atoms. The summed E-state index contributed by atoms with van der Waals surface area (Å²) in [6, 6.07) is 8.51. The highest BCUT2D eigenvalue weighted by Crippen LogP contribution is 2.23. The first-order valence-electron chi connectivity index (χ1n) is 9.61. The van der Waals surface area contributed by atoms with Gasteiger partial charge in [0, 0.05) is 44.3 Å². The summed E-state index contributed by atoms with van der Waals surface area (Å²) in [6.07, 6.45) is 2.89. The molecule has 0 spiro atoms. The van der Waals surface area contributed by atoms with Crippen LogP contribution in [0.3, 0.4) is 0 Å². The summed E-state index contributed by atoms with van der Waals surface area (Å²) < 4.78 is 0. The smallest absolute Gasteiger partial charge is 0.225 e. The van der Waals surface area contributed by atoms with Crippen molar-refractivity contribution in [1.82, 2.24) is 9.80 Å². The number of nitrogens with zero attached hydrogens (tertiary/aromatic N) is 3.